The summed E-state index contributed by atoms with van der Waals surface area (Å²) in [7, 11) is -3.63. The predicted octanol–water partition coefficient (Wildman–Crippen LogP) is -3.45. The van der Waals surface area contributed by atoms with Crippen molar-refractivity contribution in [3.8, 4) is 0 Å². The molecule has 134 valence electrons. The Morgan fingerprint density at radius 1 is 0.680 bits per heavy atom. The van der Waals surface area contributed by atoms with E-state index in [1.165, 1.54) is 0 Å². The van der Waals surface area contributed by atoms with E-state index < -0.39 is 8.25 Å². The molecular weight excluding hydrogens is 359 g/mol. The van der Waals surface area contributed by atoms with Crippen molar-refractivity contribution in [3.05, 3.63) is 84.0 Å². The molecule has 0 aliphatic rings. The van der Waals surface area contributed by atoms with Crippen LogP contribution in [0.4, 0.5) is 17.1 Å². The minimum atomic E-state index is -3.63. The molecule has 0 spiro atoms. The fourth-order valence-electron chi connectivity index (χ4n) is 0.602. The van der Waals surface area contributed by atoms with Gasteiger partial charge in [0.05, 0.1) is 17.1 Å². The molecule has 9 heteroatoms. The summed E-state index contributed by atoms with van der Waals surface area (Å²) in [5, 5.41) is 0. The second-order valence-corrected chi connectivity index (χ2v) is 2.60. The van der Waals surface area contributed by atoms with Crippen LogP contribution in [-0.4, -0.2) is 0 Å². The molecule has 0 heterocycles. The molecule has 6 nitrogen and oxygen atoms in total. The summed E-state index contributed by atoms with van der Waals surface area (Å²) < 4.78 is 8.52. The van der Waals surface area contributed by atoms with E-state index in [4.69, 9.17) is 31.6 Å². The van der Waals surface area contributed by atoms with Gasteiger partial charge >= 0.3 is 59.1 Å². The molecule has 0 saturated carbocycles. The molecule has 0 aliphatic carbocycles. The molecule has 0 amide bonds. The molecule has 0 unspecified atom stereocenters. The Morgan fingerprint density at radius 3 is 0.960 bits per heavy atom. The van der Waals surface area contributed by atoms with Crippen LogP contribution in [0.5, 0.6) is 0 Å². The maximum absolute atomic E-state index is 8.52. The zero-order chi connectivity index (χ0) is 20.4. The molecule has 1 aromatic carbocycles. The normalized spacial score (nSPS) is 5.56. The smallest absolute Gasteiger partial charge is 0.813 e. The van der Waals surface area contributed by atoms with E-state index in [1.807, 2.05) is 0 Å². The SMILES string of the molecule is C=C.C=C.C=C.C=C.C=C.Nc1cccc(N)c1N.O=[PH]([O-])[O-].[Na+].[Na+]. The molecule has 0 bridgehead atoms. The second kappa shape index (κ2) is 56.6. The van der Waals surface area contributed by atoms with Gasteiger partial charge in [0.2, 0.25) is 0 Å². The van der Waals surface area contributed by atoms with Gasteiger partial charge in [-0.25, -0.2) is 0 Å². The molecule has 6 N–H and O–H groups in total. The van der Waals surface area contributed by atoms with E-state index in [-0.39, 0.29) is 59.1 Å². The van der Waals surface area contributed by atoms with Crippen molar-refractivity contribution in [2.75, 3.05) is 17.2 Å². The third-order valence-corrected chi connectivity index (χ3v) is 1.17. The number of benzene rings is 1. The monoisotopic (exact) mass is 389 g/mol. The molecule has 0 fully saturated rings. The Labute approximate surface area is 198 Å². The third-order valence-electron chi connectivity index (χ3n) is 1.17. The maximum Gasteiger partial charge on any atom is 1.00 e. The number of nitrogen functional groups attached to an aromatic ring is 3. The van der Waals surface area contributed by atoms with Gasteiger partial charge < -0.3 is 31.6 Å². The minimum Gasteiger partial charge on any atom is -0.813 e. The van der Waals surface area contributed by atoms with Gasteiger partial charge in [0.25, 0.3) is 0 Å². The van der Waals surface area contributed by atoms with Crippen molar-refractivity contribution in [3.63, 3.8) is 0 Å². The first kappa shape index (κ1) is 49.7. The molecule has 1 aromatic rings. The van der Waals surface area contributed by atoms with Crippen molar-refractivity contribution in [1.82, 2.24) is 0 Å². The van der Waals surface area contributed by atoms with E-state index >= 15 is 0 Å². The summed E-state index contributed by atoms with van der Waals surface area (Å²) in [4.78, 5) is 17.0. The number of hydrogen-bond donors (Lipinski definition) is 3. The van der Waals surface area contributed by atoms with Crippen LogP contribution in [0.2, 0.25) is 0 Å². The van der Waals surface area contributed by atoms with Crippen molar-refractivity contribution in [2.45, 2.75) is 0 Å². The largest absolute Gasteiger partial charge is 1.00 e. The van der Waals surface area contributed by atoms with Gasteiger partial charge in [-0.15, -0.1) is 65.8 Å². The maximum atomic E-state index is 8.52. The first-order chi connectivity index (χ1) is 10.9. The molecule has 0 aromatic heterocycles. The van der Waals surface area contributed by atoms with Gasteiger partial charge in [-0.1, -0.05) is 14.3 Å². The predicted molar refractivity (Wildman–Crippen MR) is 105 cm³/mol. The number of para-hydroxylation sites is 1. The van der Waals surface area contributed by atoms with E-state index in [1.54, 1.807) is 18.2 Å². The van der Waals surface area contributed by atoms with Crippen LogP contribution in [0, 0.1) is 0 Å². The molecule has 25 heavy (non-hydrogen) atoms. The number of nitrogens with two attached hydrogens (primary N) is 3. The zero-order valence-corrected chi connectivity index (χ0v) is 20.8. The first-order valence-corrected chi connectivity index (χ1v) is 6.95. The summed E-state index contributed by atoms with van der Waals surface area (Å²) in [5.74, 6) is 0. The second-order valence-electron chi connectivity index (χ2n) is 2.10. The number of rotatable bonds is 0. The van der Waals surface area contributed by atoms with Crippen LogP contribution in [0.25, 0.3) is 0 Å². The van der Waals surface area contributed by atoms with Crippen LogP contribution in [0.1, 0.15) is 0 Å². The van der Waals surface area contributed by atoms with E-state index in [0.29, 0.717) is 17.1 Å². The Morgan fingerprint density at radius 2 is 0.840 bits per heavy atom. The van der Waals surface area contributed by atoms with Gasteiger partial charge in [0.15, 0.2) is 0 Å². The van der Waals surface area contributed by atoms with E-state index in [2.05, 4.69) is 65.8 Å². The number of hydrogen-bond acceptors (Lipinski definition) is 6. The molecular formula is C16H30N3Na2O3P. The van der Waals surface area contributed by atoms with Gasteiger partial charge in [-0.3, -0.25) is 0 Å². The van der Waals surface area contributed by atoms with Crippen LogP contribution in [-0.2, 0) is 4.57 Å². The Bertz CT molecular complexity index is 352. The molecule has 0 saturated heterocycles. The number of anilines is 3. The van der Waals surface area contributed by atoms with Crippen LogP contribution in [0.3, 0.4) is 0 Å². The van der Waals surface area contributed by atoms with Crippen LogP contribution < -0.4 is 86.1 Å². The van der Waals surface area contributed by atoms with E-state index in [9.17, 15) is 0 Å². The molecule has 0 atom stereocenters. The van der Waals surface area contributed by atoms with Gasteiger partial charge in [-0.2, -0.15) is 0 Å². The van der Waals surface area contributed by atoms with Gasteiger partial charge in [0.1, 0.15) is 0 Å². The zero-order valence-electron chi connectivity index (χ0n) is 15.8. The van der Waals surface area contributed by atoms with Crippen molar-refractivity contribution < 1.29 is 73.5 Å². The van der Waals surface area contributed by atoms with Crippen molar-refractivity contribution in [1.29, 1.82) is 0 Å². The third kappa shape index (κ3) is 59.6. The quantitative estimate of drug-likeness (QED) is 0.182. The topological polar surface area (TPSA) is 141 Å². The summed E-state index contributed by atoms with van der Waals surface area (Å²) >= 11 is 0. The van der Waals surface area contributed by atoms with Gasteiger partial charge in [-0.05, 0) is 12.1 Å². The Balaban J connectivity index is -0.0000000261. The van der Waals surface area contributed by atoms with Gasteiger partial charge in [0, 0.05) is 0 Å². The molecule has 1 rings (SSSR count). The molecule has 0 radical (unpaired) electrons. The summed E-state index contributed by atoms with van der Waals surface area (Å²) in [5.41, 5.74) is 17.8. The summed E-state index contributed by atoms with van der Waals surface area (Å²) in [6.45, 7) is 30.0. The summed E-state index contributed by atoms with van der Waals surface area (Å²) in [6, 6.07) is 5.19. The average Bonchev–Trinajstić information content (AvgIpc) is 2.61. The van der Waals surface area contributed by atoms with E-state index in [0.717, 1.165) is 0 Å². The fraction of sp³-hybridized carbons (Fsp3) is 0. The average molecular weight is 389 g/mol. The Hall–Kier alpha value is -0.530. The van der Waals surface area contributed by atoms with Crippen LogP contribution in [0.15, 0.2) is 84.0 Å². The Kier molecular flexibility index (Phi) is 112. The summed E-state index contributed by atoms with van der Waals surface area (Å²) in [6.07, 6.45) is 0. The minimum absolute atomic E-state index is 0. The first-order valence-electron chi connectivity index (χ1n) is 5.72. The van der Waals surface area contributed by atoms with Crippen LogP contribution >= 0.6 is 8.25 Å². The molecule has 0 aliphatic heterocycles. The standard InChI is InChI=1S/C6H9N3.5C2H4.2Na.H3O3P/c7-4-2-1-3-5(8)6(4)9;5*1-2;;;1-4(2)3/h1-3H,7-9H2;5*1-2H2;;;4H,(H2,1,2,3)/q;;;;;;2*+1;/p-2. The van der Waals surface area contributed by atoms with Crippen molar-refractivity contribution in [2.24, 2.45) is 0 Å². The fourth-order valence-corrected chi connectivity index (χ4v) is 0.602. The van der Waals surface area contributed by atoms with Crippen molar-refractivity contribution >= 4 is 25.3 Å².